The first-order valence-electron chi connectivity index (χ1n) is 8.39. The van der Waals surface area contributed by atoms with Gasteiger partial charge in [-0.25, -0.2) is 0 Å². The molecule has 0 bridgehead atoms. The third-order valence-electron chi connectivity index (χ3n) is 3.52. The van der Waals surface area contributed by atoms with E-state index in [9.17, 15) is 0 Å². The SMILES string of the molecule is CCOCCCNC(=NC)NCc1cnn(Cc2ccccc2)c1.I. The van der Waals surface area contributed by atoms with E-state index in [1.165, 1.54) is 5.56 Å². The molecule has 0 saturated heterocycles. The van der Waals surface area contributed by atoms with Gasteiger partial charge in [-0.15, -0.1) is 24.0 Å². The lowest BCUT2D eigenvalue weighted by atomic mass is 10.2. The first-order valence-corrected chi connectivity index (χ1v) is 8.39. The van der Waals surface area contributed by atoms with Gasteiger partial charge in [-0.1, -0.05) is 30.3 Å². The molecule has 0 saturated carbocycles. The van der Waals surface area contributed by atoms with Crippen LogP contribution < -0.4 is 10.6 Å². The van der Waals surface area contributed by atoms with Crippen molar-refractivity contribution >= 4 is 29.9 Å². The van der Waals surface area contributed by atoms with E-state index in [0.717, 1.165) is 44.2 Å². The summed E-state index contributed by atoms with van der Waals surface area (Å²) in [6, 6.07) is 10.3. The minimum atomic E-state index is 0. The molecular formula is C18H28IN5O. The molecule has 7 heteroatoms. The zero-order valence-corrected chi connectivity index (χ0v) is 17.3. The number of aromatic nitrogens is 2. The molecule has 0 unspecified atom stereocenters. The molecule has 2 aromatic rings. The smallest absolute Gasteiger partial charge is 0.191 e. The van der Waals surface area contributed by atoms with Crippen LogP contribution >= 0.6 is 24.0 Å². The van der Waals surface area contributed by atoms with Crippen molar-refractivity contribution < 1.29 is 4.74 Å². The second kappa shape index (κ2) is 12.7. The largest absolute Gasteiger partial charge is 0.382 e. The van der Waals surface area contributed by atoms with E-state index in [4.69, 9.17) is 4.74 Å². The number of nitrogens with zero attached hydrogens (tertiary/aromatic N) is 3. The van der Waals surface area contributed by atoms with Crippen LogP contribution in [0.2, 0.25) is 0 Å². The molecule has 0 aliphatic heterocycles. The highest BCUT2D eigenvalue weighted by molar-refractivity contribution is 14.0. The maximum atomic E-state index is 5.32. The third-order valence-corrected chi connectivity index (χ3v) is 3.52. The Hall–Kier alpha value is -1.61. The predicted octanol–water partition coefficient (Wildman–Crippen LogP) is 2.64. The average Bonchev–Trinajstić information content (AvgIpc) is 3.05. The van der Waals surface area contributed by atoms with E-state index in [1.54, 1.807) is 7.05 Å². The van der Waals surface area contributed by atoms with Gasteiger partial charge in [-0.2, -0.15) is 5.10 Å². The summed E-state index contributed by atoms with van der Waals surface area (Å²) in [6.07, 6.45) is 4.91. The molecule has 2 rings (SSSR count). The lowest BCUT2D eigenvalue weighted by molar-refractivity contribution is 0.145. The van der Waals surface area contributed by atoms with Crippen LogP contribution in [0.5, 0.6) is 0 Å². The van der Waals surface area contributed by atoms with Crippen molar-refractivity contribution in [2.24, 2.45) is 4.99 Å². The quantitative estimate of drug-likeness (QED) is 0.263. The number of hydrogen-bond donors (Lipinski definition) is 2. The van der Waals surface area contributed by atoms with Crippen molar-refractivity contribution in [3.8, 4) is 0 Å². The lowest BCUT2D eigenvalue weighted by Crippen LogP contribution is -2.37. The van der Waals surface area contributed by atoms with Crippen LogP contribution in [0.25, 0.3) is 0 Å². The van der Waals surface area contributed by atoms with Gasteiger partial charge in [0.05, 0.1) is 12.7 Å². The van der Waals surface area contributed by atoms with Crippen LogP contribution in [0.4, 0.5) is 0 Å². The van der Waals surface area contributed by atoms with Gasteiger partial charge in [0.1, 0.15) is 0 Å². The summed E-state index contributed by atoms with van der Waals surface area (Å²) in [5.74, 6) is 0.794. The molecule has 6 nitrogen and oxygen atoms in total. The van der Waals surface area contributed by atoms with E-state index >= 15 is 0 Å². The minimum absolute atomic E-state index is 0. The highest BCUT2D eigenvalue weighted by atomic mass is 127. The van der Waals surface area contributed by atoms with Gasteiger partial charge in [-0.3, -0.25) is 9.67 Å². The van der Waals surface area contributed by atoms with Crippen molar-refractivity contribution in [1.29, 1.82) is 0 Å². The van der Waals surface area contributed by atoms with E-state index in [-0.39, 0.29) is 24.0 Å². The van der Waals surface area contributed by atoms with E-state index in [2.05, 4.69) is 39.1 Å². The minimum Gasteiger partial charge on any atom is -0.382 e. The summed E-state index contributed by atoms with van der Waals surface area (Å²) in [5.41, 5.74) is 2.37. The van der Waals surface area contributed by atoms with Crippen molar-refractivity contribution in [3.63, 3.8) is 0 Å². The van der Waals surface area contributed by atoms with Crippen molar-refractivity contribution in [2.45, 2.75) is 26.4 Å². The Kier molecular flexibility index (Phi) is 10.9. The molecule has 0 amide bonds. The number of rotatable bonds is 9. The Morgan fingerprint density at radius 2 is 2.00 bits per heavy atom. The summed E-state index contributed by atoms with van der Waals surface area (Å²) in [7, 11) is 1.77. The first kappa shape index (κ1) is 21.4. The molecule has 0 fully saturated rings. The van der Waals surface area contributed by atoms with E-state index < -0.39 is 0 Å². The Morgan fingerprint density at radius 1 is 1.20 bits per heavy atom. The number of benzene rings is 1. The number of ether oxygens (including phenoxy) is 1. The number of aliphatic imine (C=N–C) groups is 1. The topological polar surface area (TPSA) is 63.5 Å². The standard InChI is InChI=1S/C18H27N5O.HI/c1-3-24-11-7-10-20-18(19-2)21-12-17-13-22-23(15-17)14-16-8-5-4-6-9-16;/h4-6,8-9,13,15H,3,7,10-12,14H2,1-2H3,(H2,19,20,21);1H. The van der Waals surface area contributed by atoms with Gasteiger partial charge in [0, 0.05) is 45.1 Å². The van der Waals surface area contributed by atoms with Crippen LogP contribution in [-0.2, 0) is 17.8 Å². The molecule has 1 heterocycles. The third kappa shape index (κ3) is 8.35. The van der Waals surface area contributed by atoms with Gasteiger partial charge in [0.25, 0.3) is 0 Å². The molecule has 2 N–H and O–H groups in total. The maximum absolute atomic E-state index is 5.32. The molecule has 0 aliphatic carbocycles. The molecule has 0 radical (unpaired) electrons. The molecular weight excluding hydrogens is 429 g/mol. The molecule has 0 atom stereocenters. The monoisotopic (exact) mass is 457 g/mol. The summed E-state index contributed by atoms with van der Waals surface area (Å²) in [6.45, 7) is 5.86. The maximum Gasteiger partial charge on any atom is 0.191 e. The molecule has 138 valence electrons. The fraction of sp³-hybridized carbons (Fsp3) is 0.444. The summed E-state index contributed by atoms with van der Waals surface area (Å²) in [4.78, 5) is 4.22. The molecule has 0 aliphatic rings. The normalized spacial score (nSPS) is 11.0. The second-order valence-corrected chi connectivity index (χ2v) is 5.43. The first-order chi connectivity index (χ1) is 11.8. The number of nitrogens with one attached hydrogen (secondary N) is 2. The average molecular weight is 457 g/mol. The van der Waals surface area contributed by atoms with E-state index in [1.807, 2.05) is 36.0 Å². The second-order valence-electron chi connectivity index (χ2n) is 5.43. The number of guanidine groups is 1. The van der Waals surface area contributed by atoms with Crippen molar-refractivity contribution in [1.82, 2.24) is 20.4 Å². The highest BCUT2D eigenvalue weighted by Crippen LogP contribution is 2.03. The molecule has 25 heavy (non-hydrogen) atoms. The summed E-state index contributed by atoms with van der Waals surface area (Å²) >= 11 is 0. The molecule has 1 aromatic carbocycles. The Balaban J connectivity index is 0.00000312. The zero-order valence-electron chi connectivity index (χ0n) is 14.9. The van der Waals surface area contributed by atoms with Crippen molar-refractivity contribution in [2.75, 3.05) is 26.8 Å². The predicted molar refractivity (Wildman–Crippen MR) is 112 cm³/mol. The Bertz CT molecular complexity index is 615. The van der Waals surface area contributed by atoms with Crippen LogP contribution in [-0.4, -0.2) is 42.5 Å². The Morgan fingerprint density at radius 3 is 2.72 bits per heavy atom. The van der Waals surface area contributed by atoms with Crippen LogP contribution in [0.1, 0.15) is 24.5 Å². The fourth-order valence-electron chi connectivity index (χ4n) is 2.29. The van der Waals surface area contributed by atoms with Gasteiger partial charge in [0.15, 0.2) is 5.96 Å². The zero-order chi connectivity index (χ0) is 17.0. The van der Waals surface area contributed by atoms with Gasteiger partial charge >= 0.3 is 0 Å². The summed E-state index contributed by atoms with van der Waals surface area (Å²) in [5, 5.41) is 11.0. The van der Waals surface area contributed by atoms with Crippen LogP contribution in [0.3, 0.4) is 0 Å². The van der Waals surface area contributed by atoms with Gasteiger partial charge in [0.2, 0.25) is 0 Å². The van der Waals surface area contributed by atoms with Crippen molar-refractivity contribution in [3.05, 3.63) is 53.9 Å². The van der Waals surface area contributed by atoms with Crippen LogP contribution in [0, 0.1) is 0 Å². The van der Waals surface area contributed by atoms with Gasteiger partial charge < -0.3 is 15.4 Å². The highest BCUT2D eigenvalue weighted by Gasteiger charge is 2.02. The van der Waals surface area contributed by atoms with Crippen LogP contribution in [0.15, 0.2) is 47.7 Å². The lowest BCUT2D eigenvalue weighted by Gasteiger charge is -2.11. The van der Waals surface area contributed by atoms with E-state index in [0.29, 0.717) is 6.54 Å². The fourth-order valence-corrected chi connectivity index (χ4v) is 2.29. The van der Waals surface area contributed by atoms with Gasteiger partial charge in [-0.05, 0) is 18.9 Å². The number of halogens is 1. The molecule has 1 aromatic heterocycles. The molecule has 0 spiro atoms. The Labute approximate surface area is 167 Å². The number of hydrogen-bond acceptors (Lipinski definition) is 3. The summed E-state index contributed by atoms with van der Waals surface area (Å²) < 4.78 is 7.27.